The van der Waals surface area contributed by atoms with Gasteiger partial charge in [0.2, 0.25) is 0 Å². The number of methoxy groups -OCH3 is 1. The van der Waals surface area contributed by atoms with E-state index in [1.807, 2.05) is 19.1 Å². The number of aromatic hydroxyl groups is 1. The second kappa shape index (κ2) is 6.62. The number of rotatable bonds is 3. The van der Waals surface area contributed by atoms with Crippen LogP contribution in [-0.4, -0.2) is 24.3 Å². The number of hydrogen-bond donors (Lipinski definition) is 2. The van der Waals surface area contributed by atoms with Gasteiger partial charge < -0.3 is 14.6 Å². The lowest BCUT2D eigenvalue weighted by atomic mass is 10.2. The summed E-state index contributed by atoms with van der Waals surface area (Å²) in [4.78, 5) is 23.3. The molecule has 0 atom stereocenters. The number of amides is 1. The van der Waals surface area contributed by atoms with Crippen LogP contribution in [-0.2, 0) is 4.74 Å². The highest BCUT2D eigenvalue weighted by Gasteiger charge is 2.13. The number of carbonyl (C=O) groups excluding carboxylic acids is 2. The minimum absolute atomic E-state index is 0.0457. The van der Waals surface area contributed by atoms with E-state index in [0.29, 0.717) is 11.4 Å². The summed E-state index contributed by atoms with van der Waals surface area (Å²) in [6, 6.07) is 11.0. The summed E-state index contributed by atoms with van der Waals surface area (Å²) in [5, 5.41) is 12.1. The number of carbonyl (C=O) groups is 2. The van der Waals surface area contributed by atoms with Gasteiger partial charge in [-0.1, -0.05) is 17.7 Å². The highest BCUT2D eigenvalue weighted by atomic mass is 16.6. The molecule has 22 heavy (non-hydrogen) atoms. The second-order valence-corrected chi connectivity index (χ2v) is 4.55. The molecule has 0 fully saturated rings. The van der Waals surface area contributed by atoms with Gasteiger partial charge in [-0.15, -0.1) is 0 Å². The molecule has 0 aromatic heterocycles. The number of esters is 1. The molecule has 2 aromatic carbocycles. The molecular formula is C16H15NO5. The molecule has 6 nitrogen and oxygen atoms in total. The van der Waals surface area contributed by atoms with Crippen molar-refractivity contribution in [2.75, 3.05) is 12.4 Å². The van der Waals surface area contributed by atoms with Gasteiger partial charge in [-0.05, 0) is 37.3 Å². The lowest BCUT2D eigenvalue weighted by Gasteiger charge is -2.09. The number of anilines is 1. The molecule has 114 valence electrons. The zero-order valence-electron chi connectivity index (χ0n) is 12.1. The van der Waals surface area contributed by atoms with E-state index in [4.69, 9.17) is 4.74 Å². The van der Waals surface area contributed by atoms with Crippen molar-refractivity contribution in [1.82, 2.24) is 0 Å². The Morgan fingerprint density at radius 2 is 1.77 bits per heavy atom. The average molecular weight is 301 g/mol. The van der Waals surface area contributed by atoms with Gasteiger partial charge in [-0.3, -0.25) is 5.32 Å². The quantitative estimate of drug-likeness (QED) is 0.672. The zero-order valence-corrected chi connectivity index (χ0v) is 12.1. The van der Waals surface area contributed by atoms with E-state index in [2.05, 4.69) is 10.1 Å². The molecule has 2 N–H and O–H groups in total. The fourth-order valence-electron chi connectivity index (χ4n) is 1.74. The van der Waals surface area contributed by atoms with Crippen LogP contribution in [0.5, 0.6) is 11.5 Å². The summed E-state index contributed by atoms with van der Waals surface area (Å²) >= 11 is 0. The lowest BCUT2D eigenvalue weighted by molar-refractivity contribution is 0.0597. The van der Waals surface area contributed by atoms with E-state index in [-0.39, 0.29) is 11.3 Å². The molecule has 0 aliphatic rings. The maximum atomic E-state index is 11.8. The number of aryl methyl sites for hydroxylation is 1. The number of hydrogen-bond acceptors (Lipinski definition) is 5. The number of phenols is 1. The van der Waals surface area contributed by atoms with E-state index >= 15 is 0 Å². The molecule has 0 radical (unpaired) electrons. The Hall–Kier alpha value is -3.02. The number of phenolic OH excluding ortho intramolecular Hbond substituents is 1. The van der Waals surface area contributed by atoms with Crippen molar-refractivity contribution in [3.63, 3.8) is 0 Å². The number of nitrogens with one attached hydrogen (secondary N) is 1. The first-order valence-electron chi connectivity index (χ1n) is 6.46. The normalized spacial score (nSPS) is 9.91. The molecular weight excluding hydrogens is 286 g/mol. The van der Waals surface area contributed by atoms with Crippen molar-refractivity contribution in [1.29, 1.82) is 0 Å². The van der Waals surface area contributed by atoms with Crippen molar-refractivity contribution in [2.24, 2.45) is 0 Å². The summed E-state index contributed by atoms with van der Waals surface area (Å²) < 4.78 is 9.64. The van der Waals surface area contributed by atoms with Crippen molar-refractivity contribution >= 4 is 17.7 Å². The smallest absolute Gasteiger partial charge is 0.417 e. The molecule has 0 saturated heterocycles. The van der Waals surface area contributed by atoms with Crippen LogP contribution < -0.4 is 10.1 Å². The van der Waals surface area contributed by atoms with Crippen LogP contribution in [0.2, 0.25) is 0 Å². The highest BCUT2D eigenvalue weighted by molar-refractivity contribution is 5.95. The Balaban J connectivity index is 2.08. The third kappa shape index (κ3) is 3.76. The van der Waals surface area contributed by atoms with Gasteiger partial charge in [0, 0.05) is 5.69 Å². The maximum absolute atomic E-state index is 11.8. The lowest BCUT2D eigenvalue weighted by Crippen LogP contribution is -2.17. The molecule has 0 unspecified atom stereocenters. The van der Waals surface area contributed by atoms with E-state index in [9.17, 15) is 14.7 Å². The SMILES string of the molecule is COC(=O)c1cc(NC(=O)Oc2ccc(C)cc2)ccc1O. The van der Waals surface area contributed by atoms with E-state index < -0.39 is 12.1 Å². The highest BCUT2D eigenvalue weighted by Crippen LogP contribution is 2.22. The van der Waals surface area contributed by atoms with Crippen LogP contribution in [0, 0.1) is 6.92 Å². The molecule has 2 aromatic rings. The number of benzene rings is 2. The minimum atomic E-state index is -0.703. The number of ether oxygens (including phenoxy) is 2. The predicted octanol–water partition coefficient (Wildman–Crippen LogP) is 3.10. The van der Waals surface area contributed by atoms with Gasteiger partial charge in [0.1, 0.15) is 17.1 Å². The Labute approximate surface area is 127 Å². The minimum Gasteiger partial charge on any atom is -0.507 e. The molecule has 0 heterocycles. The van der Waals surface area contributed by atoms with Crippen LogP contribution >= 0.6 is 0 Å². The Kier molecular flexibility index (Phi) is 4.63. The zero-order chi connectivity index (χ0) is 16.1. The molecule has 2 rings (SSSR count). The van der Waals surface area contributed by atoms with Gasteiger partial charge in [0.25, 0.3) is 0 Å². The van der Waals surface area contributed by atoms with Gasteiger partial charge >= 0.3 is 12.1 Å². The van der Waals surface area contributed by atoms with E-state index in [1.165, 1.54) is 25.3 Å². The standard InChI is InChI=1S/C16H15NO5/c1-10-3-6-12(7-4-10)22-16(20)17-11-5-8-14(18)13(9-11)15(19)21-2/h3-9,18H,1-2H3,(H,17,20). The Bertz CT molecular complexity index is 694. The summed E-state index contributed by atoms with van der Waals surface area (Å²) in [5.41, 5.74) is 1.31. The Morgan fingerprint density at radius 1 is 1.09 bits per heavy atom. The molecule has 6 heteroatoms. The first kappa shape index (κ1) is 15.4. The van der Waals surface area contributed by atoms with E-state index in [1.54, 1.807) is 12.1 Å². The van der Waals surface area contributed by atoms with Crippen molar-refractivity contribution in [2.45, 2.75) is 6.92 Å². The third-order valence-electron chi connectivity index (χ3n) is 2.88. The monoisotopic (exact) mass is 301 g/mol. The van der Waals surface area contributed by atoms with Crippen LogP contribution in [0.15, 0.2) is 42.5 Å². The summed E-state index contributed by atoms with van der Waals surface area (Å²) in [7, 11) is 1.20. The summed E-state index contributed by atoms with van der Waals surface area (Å²) in [5.74, 6) is -0.535. The molecule has 0 saturated carbocycles. The fourth-order valence-corrected chi connectivity index (χ4v) is 1.74. The van der Waals surface area contributed by atoms with Gasteiger partial charge in [0.15, 0.2) is 0 Å². The molecule has 0 aliphatic heterocycles. The topological polar surface area (TPSA) is 84.9 Å². The second-order valence-electron chi connectivity index (χ2n) is 4.55. The van der Waals surface area contributed by atoms with Gasteiger partial charge in [-0.2, -0.15) is 0 Å². The van der Waals surface area contributed by atoms with Crippen molar-refractivity contribution in [3.8, 4) is 11.5 Å². The van der Waals surface area contributed by atoms with Crippen LogP contribution in [0.1, 0.15) is 15.9 Å². The van der Waals surface area contributed by atoms with E-state index in [0.717, 1.165) is 5.56 Å². The fraction of sp³-hybridized carbons (Fsp3) is 0.125. The van der Waals surface area contributed by atoms with Crippen LogP contribution in [0.4, 0.5) is 10.5 Å². The first-order valence-corrected chi connectivity index (χ1v) is 6.46. The molecule has 0 aliphatic carbocycles. The van der Waals surface area contributed by atoms with Gasteiger partial charge in [0.05, 0.1) is 7.11 Å². The average Bonchev–Trinajstić information content (AvgIpc) is 2.50. The molecule has 0 spiro atoms. The van der Waals surface area contributed by atoms with Crippen molar-refractivity contribution < 1.29 is 24.2 Å². The molecule has 0 bridgehead atoms. The first-order chi connectivity index (χ1) is 10.5. The summed E-state index contributed by atoms with van der Waals surface area (Å²) in [6.45, 7) is 1.93. The Morgan fingerprint density at radius 3 is 2.41 bits per heavy atom. The van der Waals surface area contributed by atoms with Gasteiger partial charge in [-0.25, -0.2) is 9.59 Å². The van der Waals surface area contributed by atoms with Crippen LogP contribution in [0.25, 0.3) is 0 Å². The maximum Gasteiger partial charge on any atom is 0.417 e. The summed E-state index contributed by atoms with van der Waals surface area (Å²) in [6.07, 6.45) is -0.703. The molecule has 1 amide bonds. The third-order valence-corrected chi connectivity index (χ3v) is 2.88. The van der Waals surface area contributed by atoms with Crippen molar-refractivity contribution in [3.05, 3.63) is 53.6 Å². The van der Waals surface area contributed by atoms with Crippen LogP contribution in [0.3, 0.4) is 0 Å². The predicted molar refractivity (Wildman–Crippen MR) is 80.3 cm³/mol. The largest absolute Gasteiger partial charge is 0.507 e.